The number of likely N-dealkylation sites (N-methyl/N-ethyl adjacent to an activating group) is 1. The van der Waals surface area contributed by atoms with Crippen LogP contribution in [0.3, 0.4) is 0 Å². The summed E-state index contributed by atoms with van der Waals surface area (Å²) in [5.74, 6) is -0.172. The third-order valence-electron chi connectivity index (χ3n) is 13.7. The van der Waals surface area contributed by atoms with Crippen molar-refractivity contribution in [2.75, 3.05) is 40.9 Å². The first-order valence-corrected chi connectivity index (χ1v) is 31.2. The van der Waals surface area contributed by atoms with Crippen LogP contribution in [0.2, 0.25) is 0 Å². The Morgan fingerprint density at radius 1 is 0.485 bits per heavy atom. The molecule has 0 radical (unpaired) electrons. The lowest BCUT2D eigenvalue weighted by Gasteiger charge is -2.25. The van der Waals surface area contributed by atoms with Crippen LogP contribution in [0.15, 0.2) is 24.3 Å². The van der Waals surface area contributed by atoms with E-state index in [2.05, 4.69) is 31.3 Å². The maximum atomic E-state index is 13.0. The van der Waals surface area contributed by atoms with Gasteiger partial charge in [0, 0.05) is 6.42 Å². The second-order valence-electron chi connectivity index (χ2n) is 21.7. The van der Waals surface area contributed by atoms with Gasteiger partial charge in [-0.05, 0) is 44.9 Å². The smallest absolute Gasteiger partial charge is 0.387 e. The molecule has 0 aliphatic rings. The Kier molecular flexibility index (Phi) is 50.1. The molecule has 3 N–H and O–H groups in total. The third-order valence-corrected chi connectivity index (χ3v) is 14.6. The molecule has 0 rings (SSSR count). The molecule has 0 bridgehead atoms. The van der Waals surface area contributed by atoms with Crippen molar-refractivity contribution in [2.45, 2.75) is 309 Å². The highest BCUT2D eigenvalue weighted by atomic mass is 31.2. The van der Waals surface area contributed by atoms with Gasteiger partial charge in [-0.15, -0.1) is 0 Å². The number of hydrogen-bond donors (Lipinski definition) is 3. The van der Waals surface area contributed by atoms with Crippen LogP contribution in [0.1, 0.15) is 296 Å². The molecule has 0 saturated heterocycles. The van der Waals surface area contributed by atoms with Crippen molar-refractivity contribution in [3.8, 4) is 0 Å². The highest BCUT2D eigenvalue weighted by molar-refractivity contribution is 7.47. The Bertz CT molecular complexity index is 1160. The number of rotatable bonds is 55. The van der Waals surface area contributed by atoms with E-state index in [0.717, 1.165) is 38.5 Å². The van der Waals surface area contributed by atoms with E-state index in [1.54, 1.807) is 6.08 Å². The minimum atomic E-state index is -4.34. The summed E-state index contributed by atoms with van der Waals surface area (Å²) >= 11 is 0. The number of aliphatic hydroxyl groups is 1. The topological polar surface area (TPSA) is 105 Å². The molecule has 0 aromatic rings. The van der Waals surface area contributed by atoms with E-state index in [1.807, 2.05) is 27.2 Å². The van der Waals surface area contributed by atoms with E-state index in [-0.39, 0.29) is 19.1 Å². The molecule has 0 aromatic carbocycles. The third kappa shape index (κ3) is 52.8. The number of carbonyl (C=O) groups excluding carboxylic acids is 1. The van der Waals surface area contributed by atoms with Crippen molar-refractivity contribution in [3.63, 3.8) is 0 Å². The number of allylic oxidation sites excluding steroid dienone is 3. The second kappa shape index (κ2) is 50.9. The summed E-state index contributed by atoms with van der Waals surface area (Å²) in [5.41, 5.74) is 0. The molecule has 0 aromatic heterocycles. The van der Waals surface area contributed by atoms with Gasteiger partial charge in [-0.3, -0.25) is 13.8 Å². The molecule has 9 heteroatoms. The van der Waals surface area contributed by atoms with Gasteiger partial charge in [0.25, 0.3) is 0 Å². The lowest BCUT2D eigenvalue weighted by atomic mass is 10.0. The van der Waals surface area contributed by atoms with Crippen LogP contribution in [0.4, 0.5) is 0 Å². The molecule has 1 amide bonds. The van der Waals surface area contributed by atoms with Gasteiger partial charge in [0.2, 0.25) is 5.91 Å². The predicted molar refractivity (Wildman–Crippen MR) is 295 cm³/mol. The summed E-state index contributed by atoms with van der Waals surface area (Å²) < 4.78 is 23.7. The molecular weight excluding hydrogens is 864 g/mol. The fourth-order valence-electron chi connectivity index (χ4n) is 8.98. The minimum Gasteiger partial charge on any atom is -0.387 e. The largest absolute Gasteiger partial charge is 0.472 e. The first-order valence-electron chi connectivity index (χ1n) is 29.7. The zero-order chi connectivity index (χ0) is 49.9. The van der Waals surface area contributed by atoms with Crippen molar-refractivity contribution < 1.29 is 32.9 Å². The SMILES string of the molecule is CCCCCCCCCC/C=C\CCCCCCCCCCCCCCCCCCCCCC(=O)NC(COP(=O)(O)OCC[N+](C)(C)C)C(O)/C=C/CCCCCCCCCCCCCCC. The molecule has 0 fully saturated rings. The van der Waals surface area contributed by atoms with E-state index >= 15 is 0 Å². The van der Waals surface area contributed by atoms with Gasteiger partial charge in [-0.2, -0.15) is 0 Å². The van der Waals surface area contributed by atoms with Crippen molar-refractivity contribution >= 4 is 13.7 Å². The summed E-state index contributed by atoms with van der Waals surface area (Å²) in [5, 5.41) is 13.9. The van der Waals surface area contributed by atoms with E-state index in [0.29, 0.717) is 17.4 Å². The Labute approximate surface area is 424 Å². The highest BCUT2D eigenvalue weighted by Gasteiger charge is 2.27. The van der Waals surface area contributed by atoms with Gasteiger partial charge in [-0.1, -0.05) is 269 Å². The lowest BCUT2D eigenvalue weighted by molar-refractivity contribution is -0.870. The lowest BCUT2D eigenvalue weighted by Crippen LogP contribution is -2.45. The molecule has 404 valence electrons. The Hall–Kier alpha value is -1.02. The normalized spacial score (nSPS) is 14.0. The average molecular weight is 983 g/mol. The van der Waals surface area contributed by atoms with E-state index < -0.39 is 20.0 Å². The molecule has 0 aliphatic heterocycles. The standard InChI is InChI=1S/C59H117N2O6P/c1-6-8-10-12-14-16-18-20-22-23-24-25-26-27-28-29-30-31-32-33-34-35-36-37-39-41-43-45-47-49-51-53-59(63)60-57(56-67-68(64,65)66-55-54-61(3,4)5)58(62)52-50-48-46-44-42-40-38-21-19-17-15-13-11-9-7-2/h23-24,50,52,57-58,62H,6-22,25-49,51,53-56H2,1-5H3,(H-,60,63,64,65)/p+1/b24-23-,52-50+. The number of phosphoric ester groups is 1. The number of quaternary nitrogens is 1. The maximum absolute atomic E-state index is 13.0. The number of hydrogen-bond acceptors (Lipinski definition) is 5. The first-order chi connectivity index (χ1) is 33.0. The highest BCUT2D eigenvalue weighted by Crippen LogP contribution is 2.43. The Balaban J connectivity index is 4.03. The quantitative estimate of drug-likeness (QED) is 0.0243. The number of phosphoric acid groups is 1. The Morgan fingerprint density at radius 2 is 0.794 bits per heavy atom. The van der Waals surface area contributed by atoms with Gasteiger partial charge in [0.05, 0.1) is 39.9 Å². The summed E-state index contributed by atoms with van der Waals surface area (Å²) in [6, 6.07) is -0.843. The number of amides is 1. The molecule has 3 unspecified atom stereocenters. The number of aliphatic hydroxyl groups excluding tert-OH is 1. The van der Waals surface area contributed by atoms with Crippen LogP contribution in [0.5, 0.6) is 0 Å². The fourth-order valence-corrected chi connectivity index (χ4v) is 9.72. The van der Waals surface area contributed by atoms with Crippen molar-refractivity contribution in [1.82, 2.24) is 5.32 Å². The monoisotopic (exact) mass is 982 g/mol. The molecule has 3 atom stereocenters. The molecule has 0 spiro atoms. The number of nitrogens with zero attached hydrogens (tertiary/aromatic N) is 1. The van der Waals surface area contributed by atoms with Crippen LogP contribution in [-0.2, 0) is 18.4 Å². The minimum absolute atomic E-state index is 0.0640. The van der Waals surface area contributed by atoms with E-state index in [4.69, 9.17) is 9.05 Å². The van der Waals surface area contributed by atoms with Crippen LogP contribution in [-0.4, -0.2) is 73.4 Å². The first kappa shape index (κ1) is 67.0. The fraction of sp³-hybridized carbons (Fsp3) is 0.915. The summed E-state index contributed by atoms with van der Waals surface area (Å²) in [7, 11) is 1.59. The van der Waals surface area contributed by atoms with Crippen LogP contribution in [0, 0.1) is 0 Å². The predicted octanol–water partition coefficient (Wildman–Crippen LogP) is 18.0. The molecule has 68 heavy (non-hydrogen) atoms. The van der Waals surface area contributed by atoms with Gasteiger partial charge in [-0.25, -0.2) is 4.57 Å². The van der Waals surface area contributed by atoms with Gasteiger partial charge in [0.15, 0.2) is 0 Å². The van der Waals surface area contributed by atoms with Gasteiger partial charge >= 0.3 is 7.82 Å². The van der Waals surface area contributed by atoms with Crippen molar-refractivity contribution in [3.05, 3.63) is 24.3 Å². The van der Waals surface area contributed by atoms with Gasteiger partial charge in [0.1, 0.15) is 13.2 Å². The average Bonchev–Trinajstić information content (AvgIpc) is 3.30. The number of nitrogens with one attached hydrogen (secondary N) is 1. The van der Waals surface area contributed by atoms with Crippen LogP contribution < -0.4 is 5.32 Å². The van der Waals surface area contributed by atoms with Crippen molar-refractivity contribution in [2.24, 2.45) is 0 Å². The summed E-state index contributed by atoms with van der Waals surface area (Å²) in [6.07, 6.45) is 64.3. The Morgan fingerprint density at radius 3 is 1.13 bits per heavy atom. The number of carbonyl (C=O) groups is 1. The zero-order valence-electron chi connectivity index (χ0n) is 46.1. The molecule has 0 saturated carbocycles. The summed E-state index contributed by atoms with van der Waals surface area (Å²) in [4.78, 5) is 23.3. The number of unbranched alkanes of at least 4 members (excludes halogenated alkanes) is 40. The van der Waals surface area contributed by atoms with Gasteiger partial charge < -0.3 is 19.8 Å². The zero-order valence-corrected chi connectivity index (χ0v) is 47.0. The molecule has 0 aliphatic carbocycles. The summed E-state index contributed by atoms with van der Waals surface area (Å²) in [6.45, 7) is 4.85. The van der Waals surface area contributed by atoms with Crippen molar-refractivity contribution in [1.29, 1.82) is 0 Å². The molecular formula is C59H118N2O6P+. The van der Waals surface area contributed by atoms with Crippen LogP contribution in [0.25, 0.3) is 0 Å². The van der Waals surface area contributed by atoms with E-state index in [9.17, 15) is 19.4 Å². The molecule has 8 nitrogen and oxygen atoms in total. The van der Waals surface area contributed by atoms with Crippen LogP contribution >= 0.6 is 7.82 Å². The maximum Gasteiger partial charge on any atom is 0.472 e. The van der Waals surface area contributed by atoms with E-state index in [1.165, 1.54) is 238 Å². The second-order valence-corrected chi connectivity index (χ2v) is 23.2. The molecule has 0 heterocycles.